The van der Waals surface area contributed by atoms with Crippen LogP contribution in [-0.4, -0.2) is 0 Å². The molecule has 0 radical (unpaired) electrons. The minimum Gasteiger partial charge on any atom is -0.0961 e. The van der Waals surface area contributed by atoms with E-state index in [0.717, 1.165) is 16.7 Å². The quantitative estimate of drug-likeness (QED) is 0.561. The van der Waals surface area contributed by atoms with Gasteiger partial charge in [0.1, 0.15) is 0 Å². The van der Waals surface area contributed by atoms with Crippen molar-refractivity contribution < 1.29 is 0 Å². The third-order valence-corrected chi connectivity index (χ3v) is 2.62. The first-order chi connectivity index (χ1) is 9.59. The molecule has 1 aromatic carbocycles. The Morgan fingerprint density at radius 3 is 2.15 bits per heavy atom. The average molecular weight is 262 g/mol. The van der Waals surface area contributed by atoms with Gasteiger partial charge in [0.15, 0.2) is 0 Å². The highest BCUT2D eigenvalue weighted by Crippen LogP contribution is 2.10. The topological polar surface area (TPSA) is 0 Å². The molecule has 20 heavy (non-hydrogen) atoms. The summed E-state index contributed by atoms with van der Waals surface area (Å²) in [6.07, 6.45) is 14.2. The molecule has 0 saturated carbocycles. The number of rotatable bonds is 6. The molecule has 0 aliphatic rings. The Bertz CT molecular complexity index is 563. The molecule has 0 unspecified atom stereocenters. The second kappa shape index (κ2) is 8.71. The van der Waals surface area contributed by atoms with Crippen LogP contribution < -0.4 is 0 Å². The Hall–Kier alpha value is -2.34. The zero-order valence-corrected chi connectivity index (χ0v) is 12.3. The third kappa shape index (κ3) is 6.55. The van der Waals surface area contributed by atoms with E-state index in [-0.39, 0.29) is 0 Å². The molecule has 0 bridgehead atoms. The van der Waals surface area contributed by atoms with Crippen molar-refractivity contribution in [2.24, 2.45) is 0 Å². The molecule has 102 valence electrons. The molecule has 0 heterocycles. The number of benzene rings is 1. The second-order valence-electron chi connectivity index (χ2n) is 4.74. The van der Waals surface area contributed by atoms with Gasteiger partial charge in [0.25, 0.3) is 0 Å². The molecule has 0 nitrogen and oxygen atoms in total. The molecule has 0 heteroatoms. The zero-order valence-electron chi connectivity index (χ0n) is 12.3. The monoisotopic (exact) mass is 262 g/mol. The maximum atomic E-state index is 4.00. The van der Waals surface area contributed by atoms with Gasteiger partial charge in [0, 0.05) is 0 Å². The Morgan fingerprint density at radius 2 is 1.55 bits per heavy atom. The fourth-order valence-corrected chi connectivity index (χ4v) is 1.55. The van der Waals surface area contributed by atoms with Crippen molar-refractivity contribution in [2.45, 2.75) is 13.8 Å². The highest BCUT2D eigenvalue weighted by molar-refractivity contribution is 5.53. The lowest BCUT2D eigenvalue weighted by atomic mass is 10.1. The summed E-state index contributed by atoms with van der Waals surface area (Å²) in [5, 5.41) is 0. The van der Waals surface area contributed by atoms with Crippen LogP contribution in [-0.2, 0) is 0 Å². The zero-order chi connectivity index (χ0) is 14.8. The van der Waals surface area contributed by atoms with E-state index in [1.165, 1.54) is 5.56 Å². The van der Waals surface area contributed by atoms with E-state index in [9.17, 15) is 0 Å². The van der Waals surface area contributed by atoms with E-state index in [4.69, 9.17) is 0 Å². The van der Waals surface area contributed by atoms with Crippen LogP contribution in [0.3, 0.4) is 0 Å². The molecule has 0 amide bonds. The number of allylic oxidation sites excluding steroid dienone is 9. The first kappa shape index (κ1) is 15.7. The van der Waals surface area contributed by atoms with Crippen LogP contribution in [0.25, 0.3) is 6.08 Å². The van der Waals surface area contributed by atoms with Gasteiger partial charge in [0.2, 0.25) is 0 Å². The summed E-state index contributed by atoms with van der Waals surface area (Å²) in [5.41, 5.74) is 4.39. The summed E-state index contributed by atoms with van der Waals surface area (Å²) in [5.74, 6) is 0. The maximum absolute atomic E-state index is 4.00. The van der Waals surface area contributed by atoms with Crippen molar-refractivity contribution in [3.8, 4) is 0 Å². The smallest absolute Gasteiger partial charge is 0.0233 e. The molecule has 1 rings (SSSR count). The molecule has 1 aromatic rings. The summed E-state index contributed by atoms with van der Waals surface area (Å²) in [6.45, 7) is 11.8. The molecule has 0 atom stereocenters. The molecule has 0 N–H and O–H groups in total. The maximum Gasteiger partial charge on any atom is -0.0233 e. The predicted molar refractivity (Wildman–Crippen MR) is 91.5 cm³/mol. The summed E-state index contributed by atoms with van der Waals surface area (Å²) in [4.78, 5) is 0. The van der Waals surface area contributed by atoms with Crippen molar-refractivity contribution in [1.29, 1.82) is 0 Å². The minimum absolute atomic E-state index is 1.04. The van der Waals surface area contributed by atoms with Gasteiger partial charge < -0.3 is 0 Å². The average Bonchev–Trinajstić information content (AvgIpc) is 2.42. The Balaban J connectivity index is 2.76. The summed E-state index contributed by atoms with van der Waals surface area (Å²) >= 11 is 0. The van der Waals surface area contributed by atoms with Crippen LogP contribution in [0.2, 0.25) is 0 Å². The first-order valence-corrected chi connectivity index (χ1v) is 6.69. The van der Waals surface area contributed by atoms with Gasteiger partial charge in [-0.25, -0.2) is 0 Å². The van der Waals surface area contributed by atoms with E-state index < -0.39 is 0 Å². The van der Waals surface area contributed by atoms with E-state index in [2.05, 4.69) is 43.5 Å². The van der Waals surface area contributed by atoms with E-state index in [1.54, 1.807) is 0 Å². The molecule has 0 aromatic heterocycles. The van der Waals surface area contributed by atoms with Gasteiger partial charge in [0.05, 0.1) is 0 Å². The molecule has 0 aliphatic heterocycles. The lowest BCUT2D eigenvalue weighted by molar-refractivity contribution is 1.45. The van der Waals surface area contributed by atoms with Crippen LogP contribution in [0.4, 0.5) is 0 Å². The van der Waals surface area contributed by atoms with Crippen molar-refractivity contribution in [3.63, 3.8) is 0 Å². The van der Waals surface area contributed by atoms with Crippen LogP contribution in [0.5, 0.6) is 0 Å². The Morgan fingerprint density at radius 1 is 0.900 bits per heavy atom. The standard InChI is InChI=1S/C20H22/c1-17(2)11-8-9-15-20(18(3)4)16-10-14-19-12-6-5-7-13-19/h5-16H,1,3H2,2,4H3/b11-8-,14-10-,15-9-,20-16-. The lowest BCUT2D eigenvalue weighted by Crippen LogP contribution is -1.77. The van der Waals surface area contributed by atoms with Crippen molar-refractivity contribution in [2.75, 3.05) is 0 Å². The van der Waals surface area contributed by atoms with Crippen molar-refractivity contribution in [3.05, 3.63) is 102 Å². The molecule has 0 saturated heterocycles. The minimum atomic E-state index is 1.04. The van der Waals surface area contributed by atoms with Crippen LogP contribution in [0, 0.1) is 0 Å². The summed E-state index contributed by atoms with van der Waals surface area (Å²) in [6, 6.07) is 10.2. The van der Waals surface area contributed by atoms with Gasteiger partial charge in [-0.05, 0) is 25.0 Å². The highest BCUT2D eigenvalue weighted by Gasteiger charge is 1.90. The van der Waals surface area contributed by atoms with Crippen LogP contribution in [0.1, 0.15) is 19.4 Å². The largest absolute Gasteiger partial charge is 0.0961 e. The first-order valence-electron chi connectivity index (χ1n) is 6.69. The normalized spacial score (nSPS) is 12.6. The fourth-order valence-electron chi connectivity index (χ4n) is 1.55. The Labute approximate surface area is 122 Å². The number of hydrogen-bond donors (Lipinski definition) is 0. The fraction of sp³-hybridized carbons (Fsp3) is 0.100. The molecule has 0 aliphatic carbocycles. The number of hydrogen-bond acceptors (Lipinski definition) is 0. The van der Waals surface area contributed by atoms with Gasteiger partial charge >= 0.3 is 0 Å². The molecule has 0 fully saturated rings. The Kier molecular flexibility index (Phi) is 6.84. The van der Waals surface area contributed by atoms with E-state index in [1.807, 2.05) is 56.4 Å². The molecule has 0 spiro atoms. The SMILES string of the molecule is C=C(C)\C=C/C=C\C(=C\C=C/c1ccccc1)C(=C)C. The van der Waals surface area contributed by atoms with Gasteiger partial charge in [-0.15, -0.1) is 0 Å². The third-order valence-electron chi connectivity index (χ3n) is 2.62. The van der Waals surface area contributed by atoms with Crippen LogP contribution >= 0.6 is 0 Å². The summed E-state index contributed by atoms with van der Waals surface area (Å²) < 4.78 is 0. The van der Waals surface area contributed by atoms with Crippen LogP contribution in [0.15, 0.2) is 96.7 Å². The molecular formula is C20H22. The van der Waals surface area contributed by atoms with Crippen molar-refractivity contribution in [1.82, 2.24) is 0 Å². The second-order valence-corrected chi connectivity index (χ2v) is 4.74. The van der Waals surface area contributed by atoms with E-state index >= 15 is 0 Å². The van der Waals surface area contributed by atoms with Gasteiger partial charge in [-0.1, -0.05) is 97.2 Å². The van der Waals surface area contributed by atoms with Gasteiger partial charge in [-0.3, -0.25) is 0 Å². The molecular weight excluding hydrogens is 240 g/mol. The lowest BCUT2D eigenvalue weighted by Gasteiger charge is -1.98. The predicted octanol–water partition coefficient (Wildman–Crippen LogP) is 5.89. The highest BCUT2D eigenvalue weighted by atomic mass is 14.0. The van der Waals surface area contributed by atoms with Crippen molar-refractivity contribution >= 4 is 6.08 Å². The van der Waals surface area contributed by atoms with Gasteiger partial charge in [-0.2, -0.15) is 0 Å². The summed E-state index contributed by atoms with van der Waals surface area (Å²) in [7, 11) is 0. The van der Waals surface area contributed by atoms with E-state index in [0.29, 0.717) is 0 Å².